The molecule has 1 nitrogen and oxygen atoms in total. The molecule has 4 rings (SSSR count). The average molecular weight is 345 g/mol. The second-order valence-corrected chi connectivity index (χ2v) is 10.0. The van der Waals surface area contributed by atoms with E-state index in [9.17, 15) is 4.79 Å². The van der Waals surface area contributed by atoms with E-state index >= 15 is 0 Å². The Kier molecular flexibility index (Phi) is 4.26. The maximum atomic E-state index is 12.5. The molecule has 3 unspecified atom stereocenters. The minimum atomic E-state index is 0.0135. The average Bonchev–Trinajstić information content (AvgIpc) is 2.74. The number of Topliss-reactive ketones (excluding diaryl/α,β-unsaturated/α-hetero) is 1. The van der Waals surface area contributed by atoms with E-state index in [1.807, 2.05) is 0 Å². The first-order valence-electron chi connectivity index (χ1n) is 10.2. The molecule has 0 heterocycles. The fourth-order valence-electron chi connectivity index (χ4n) is 7.45. The van der Waals surface area contributed by atoms with Crippen molar-refractivity contribution in [2.24, 2.45) is 34.5 Å². The lowest BCUT2D eigenvalue weighted by Gasteiger charge is -2.57. The lowest BCUT2D eigenvalue weighted by Crippen LogP contribution is -2.51. The van der Waals surface area contributed by atoms with E-state index in [4.69, 9.17) is 12.2 Å². The molecule has 0 saturated heterocycles. The third-order valence-electron chi connectivity index (χ3n) is 8.55. The van der Waals surface area contributed by atoms with Crippen molar-refractivity contribution in [1.29, 1.82) is 0 Å². The number of hydrogen-bond acceptors (Lipinski definition) is 2. The molecule has 132 valence electrons. The lowest BCUT2D eigenvalue weighted by atomic mass is 9.47. The summed E-state index contributed by atoms with van der Waals surface area (Å²) in [7, 11) is 0. The van der Waals surface area contributed by atoms with Crippen LogP contribution in [0, 0.1) is 34.5 Å². The molecule has 0 spiro atoms. The molecule has 0 amide bonds. The molecule has 0 aromatic carbocycles. The van der Waals surface area contributed by atoms with E-state index in [0.717, 1.165) is 56.3 Å². The van der Waals surface area contributed by atoms with Crippen LogP contribution in [0.1, 0.15) is 77.6 Å². The Morgan fingerprint density at radius 3 is 2.67 bits per heavy atom. The summed E-state index contributed by atoms with van der Waals surface area (Å²) in [4.78, 5) is 13.8. The molecule has 0 N–H and O–H groups in total. The summed E-state index contributed by atoms with van der Waals surface area (Å²) < 4.78 is 0. The Balaban J connectivity index is 1.66. The van der Waals surface area contributed by atoms with Crippen molar-refractivity contribution < 1.29 is 4.79 Å². The van der Waals surface area contributed by atoms with E-state index in [1.54, 1.807) is 0 Å². The third-order valence-corrected chi connectivity index (χ3v) is 8.90. The molecule has 4 aliphatic rings. The molecule has 4 fully saturated rings. The monoisotopic (exact) mass is 344 g/mol. The number of rotatable bonds is 2. The van der Waals surface area contributed by atoms with Crippen molar-refractivity contribution in [3.63, 3.8) is 0 Å². The smallest absolute Gasteiger partial charge is 0.139 e. The highest BCUT2D eigenvalue weighted by Gasteiger charge is 2.59. The maximum absolute atomic E-state index is 12.5. The SMILES string of the molecule is C=CCC12CC[C@@H]3C(CC[C@]4(C)C(=O)CCC34)[C@H]1CCCC(=S)C2. The molecule has 6 atom stereocenters. The van der Waals surface area contributed by atoms with Crippen LogP contribution in [0.3, 0.4) is 0 Å². The highest BCUT2D eigenvalue weighted by molar-refractivity contribution is 7.80. The third kappa shape index (κ3) is 2.39. The number of allylic oxidation sites excluding steroid dienone is 1. The van der Waals surface area contributed by atoms with Gasteiger partial charge in [-0.2, -0.15) is 0 Å². The highest BCUT2D eigenvalue weighted by atomic mass is 32.1. The second kappa shape index (κ2) is 6.04. The van der Waals surface area contributed by atoms with Crippen molar-refractivity contribution in [1.82, 2.24) is 0 Å². The first kappa shape index (κ1) is 16.9. The summed E-state index contributed by atoms with van der Waals surface area (Å²) in [5, 5.41) is 0. The Morgan fingerprint density at radius 1 is 1.12 bits per heavy atom. The Labute approximate surface area is 152 Å². The minimum absolute atomic E-state index is 0.0135. The van der Waals surface area contributed by atoms with Crippen LogP contribution in [0.5, 0.6) is 0 Å². The molecular formula is C22H32OS. The van der Waals surface area contributed by atoms with Gasteiger partial charge in [0.25, 0.3) is 0 Å². The van der Waals surface area contributed by atoms with Gasteiger partial charge < -0.3 is 0 Å². The fraction of sp³-hybridized carbons (Fsp3) is 0.818. The van der Waals surface area contributed by atoms with Crippen LogP contribution in [-0.2, 0) is 4.79 Å². The van der Waals surface area contributed by atoms with Crippen LogP contribution < -0.4 is 0 Å². The first-order chi connectivity index (χ1) is 11.5. The summed E-state index contributed by atoms with van der Waals surface area (Å²) in [6.45, 7) is 6.38. The van der Waals surface area contributed by atoms with Gasteiger partial charge in [0.05, 0.1) is 0 Å². The molecule has 2 heteroatoms. The summed E-state index contributed by atoms with van der Waals surface area (Å²) in [5.74, 6) is 3.68. The van der Waals surface area contributed by atoms with Gasteiger partial charge in [-0.25, -0.2) is 0 Å². The largest absolute Gasteiger partial charge is 0.299 e. The van der Waals surface area contributed by atoms with Crippen LogP contribution in [0.25, 0.3) is 0 Å². The minimum Gasteiger partial charge on any atom is -0.299 e. The number of ketones is 1. The standard InChI is InChI=1S/C22H32OS/c1-3-11-22-13-10-16-17(19(22)6-4-5-15(24)14-22)9-12-21(2)18(16)7-8-20(21)23/h3,16-19H,1,4-14H2,2H3/t16-,17?,18?,19-,21+,22?/m1/s1. The van der Waals surface area contributed by atoms with Gasteiger partial charge in [0.15, 0.2) is 0 Å². The summed E-state index contributed by atoms with van der Waals surface area (Å²) >= 11 is 5.72. The van der Waals surface area contributed by atoms with Crippen LogP contribution in [0.15, 0.2) is 12.7 Å². The van der Waals surface area contributed by atoms with Crippen LogP contribution in [0.4, 0.5) is 0 Å². The molecule has 0 aromatic heterocycles. The van der Waals surface area contributed by atoms with Crippen LogP contribution >= 0.6 is 12.2 Å². The van der Waals surface area contributed by atoms with Gasteiger partial charge in [0.1, 0.15) is 5.78 Å². The van der Waals surface area contributed by atoms with Crippen molar-refractivity contribution >= 4 is 22.9 Å². The molecule has 4 saturated carbocycles. The van der Waals surface area contributed by atoms with Crippen molar-refractivity contribution in [2.75, 3.05) is 0 Å². The molecule has 0 aromatic rings. The van der Waals surface area contributed by atoms with E-state index in [0.29, 0.717) is 17.1 Å². The zero-order chi connectivity index (χ0) is 16.9. The van der Waals surface area contributed by atoms with Gasteiger partial charge in [-0.05, 0) is 98.2 Å². The highest BCUT2D eigenvalue weighted by Crippen LogP contribution is 2.64. The molecule has 0 radical (unpaired) electrons. The van der Waals surface area contributed by atoms with E-state index in [-0.39, 0.29) is 5.41 Å². The normalized spacial score (nSPS) is 48.2. The second-order valence-electron chi connectivity index (χ2n) is 9.46. The van der Waals surface area contributed by atoms with E-state index in [1.165, 1.54) is 37.0 Å². The first-order valence-corrected chi connectivity index (χ1v) is 10.6. The van der Waals surface area contributed by atoms with Crippen molar-refractivity contribution in [3.05, 3.63) is 12.7 Å². The number of carbonyl (C=O) groups is 1. The molecular weight excluding hydrogens is 312 g/mol. The van der Waals surface area contributed by atoms with Crippen molar-refractivity contribution in [2.45, 2.75) is 77.6 Å². The van der Waals surface area contributed by atoms with Gasteiger partial charge in [0.2, 0.25) is 0 Å². The molecule has 4 aliphatic carbocycles. The van der Waals surface area contributed by atoms with Gasteiger partial charge in [-0.15, -0.1) is 6.58 Å². The Hall–Kier alpha value is -0.500. The Morgan fingerprint density at radius 2 is 1.88 bits per heavy atom. The van der Waals surface area contributed by atoms with Crippen LogP contribution in [0.2, 0.25) is 0 Å². The lowest BCUT2D eigenvalue weighted by molar-refractivity contribution is -0.134. The molecule has 0 bridgehead atoms. The maximum Gasteiger partial charge on any atom is 0.139 e. The van der Waals surface area contributed by atoms with E-state index < -0.39 is 0 Å². The fourth-order valence-corrected chi connectivity index (χ4v) is 7.88. The topological polar surface area (TPSA) is 17.1 Å². The summed E-state index contributed by atoms with van der Waals surface area (Å²) in [6, 6.07) is 0. The zero-order valence-electron chi connectivity index (χ0n) is 15.2. The quantitative estimate of drug-likeness (QED) is 0.457. The van der Waals surface area contributed by atoms with E-state index in [2.05, 4.69) is 19.6 Å². The number of fused-ring (bicyclic) bond motifs is 5. The summed E-state index contributed by atoms with van der Waals surface area (Å²) in [6.07, 6.45) is 15.3. The molecule has 0 aliphatic heterocycles. The number of hydrogen-bond donors (Lipinski definition) is 0. The predicted octanol–water partition coefficient (Wildman–Crippen LogP) is 5.91. The van der Waals surface area contributed by atoms with Crippen LogP contribution in [-0.4, -0.2) is 10.6 Å². The number of thiocarbonyl (C=S) groups is 1. The Bertz CT molecular complexity index is 566. The summed E-state index contributed by atoms with van der Waals surface area (Å²) in [5.41, 5.74) is 0.409. The predicted molar refractivity (Wildman–Crippen MR) is 103 cm³/mol. The number of carbonyl (C=O) groups excluding carboxylic acids is 1. The van der Waals surface area contributed by atoms with Gasteiger partial charge >= 0.3 is 0 Å². The molecule has 24 heavy (non-hydrogen) atoms. The van der Waals surface area contributed by atoms with Crippen molar-refractivity contribution in [3.8, 4) is 0 Å². The van der Waals surface area contributed by atoms with Gasteiger partial charge in [-0.3, -0.25) is 4.79 Å². The van der Waals surface area contributed by atoms with Gasteiger partial charge in [0, 0.05) is 11.8 Å². The van der Waals surface area contributed by atoms with Gasteiger partial charge in [-0.1, -0.05) is 25.2 Å². The zero-order valence-corrected chi connectivity index (χ0v) is 16.0.